The molecule has 2 rings (SSSR count). The van der Waals surface area contributed by atoms with E-state index >= 15 is 0 Å². The van der Waals surface area contributed by atoms with E-state index in [2.05, 4.69) is 37.7 Å². The van der Waals surface area contributed by atoms with Crippen LogP contribution in [-0.2, 0) is 5.41 Å². The summed E-state index contributed by atoms with van der Waals surface area (Å²) in [5, 5.41) is 0.457. The normalized spacial score (nSPS) is 24.3. The molecule has 0 amide bonds. The highest BCUT2D eigenvalue weighted by Gasteiger charge is 2.25. The van der Waals surface area contributed by atoms with E-state index in [1.807, 2.05) is 0 Å². The van der Waals surface area contributed by atoms with E-state index in [4.69, 9.17) is 16.3 Å². The molecule has 0 aliphatic heterocycles. The van der Waals surface area contributed by atoms with Crippen LogP contribution in [0.15, 0.2) is 6.07 Å². The summed E-state index contributed by atoms with van der Waals surface area (Å²) in [6.45, 7) is 8.47. The molecule has 0 spiro atoms. The molecule has 1 aliphatic carbocycles. The van der Waals surface area contributed by atoms with Crippen molar-refractivity contribution in [3.63, 3.8) is 0 Å². The zero-order valence-electron chi connectivity index (χ0n) is 12.2. The molecule has 1 fully saturated rings. The predicted octanol–water partition coefficient (Wildman–Crippen LogP) is 4.39. The standard InChI is InChI=1S/C15H23ClN2O/c1-10-7-5-6-8-11(10)19-13-9-12(16)17-14(18-13)15(2,3)4/h9-11H,5-8H2,1-4H3. The maximum atomic E-state index is 6.08. The molecule has 0 saturated heterocycles. The van der Waals surface area contributed by atoms with Gasteiger partial charge in [-0.3, -0.25) is 0 Å². The number of hydrogen-bond donors (Lipinski definition) is 0. The van der Waals surface area contributed by atoms with Gasteiger partial charge in [-0.2, -0.15) is 4.98 Å². The summed E-state index contributed by atoms with van der Waals surface area (Å²) in [7, 11) is 0. The zero-order chi connectivity index (χ0) is 14.0. The second kappa shape index (κ2) is 5.66. The molecule has 0 N–H and O–H groups in total. The summed E-state index contributed by atoms with van der Waals surface area (Å²) in [5.41, 5.74) is -0.124. The Kier molecular flexibility index (Phi) is 4.34. The highest BCUT2D eigenvalue weighted by Crippen LogP contribution is 2.29. The Balaban J connectivity index is 2.18. The topological polar surface area (TPSA) is 35.0 Å². The van der Waals surface area contributed by atoms with E-state index in [1.54, 1.807) is 6.07 Å². The second-order valence-electron chi connectivity index (χ2n) is 6.52. The average molecular weight is 283 g/mol. The lowest BCUT2D eigenvalue weighted by Crippen LogP contribution is -2.29. The molecule has 1 heterocycles. The molecule has 3 nitrogen and oxygen atoms in total. The summed E-state index contributed by atoms with van der Waals surface area (Å²) >= 11 is 6.08. The van der Waals surface area contributed by atoms with Gasteiger partial charge in [-0.05, 0) is 25.2 Å². The van der Waals surface area contributed by atoms with Crippen LogP contribution in [0.5, 0.6) is 5.88 Å². The molecule has 1 aliphatic rings. The number of nitrogens with zero attached hydrogens (tertiary/aromatic N) is 2. The molecule has 4 heteroatoms. The van der Waals surface area contributed by atoms with Gasteiger partial charge >= 0.3 is 0 Å². The third-order valence-electron chi connectivity index (χ3n) is 3.65. The summed E-state index contributed by atoms with van der Waals surface area (Å²) < 4.78 is 6.05. The van der Waals surface area contributed by atoms with Crippen LogP contribution in [0, 0.1) is 5.92 Å². The Morgan fingerprint density at radius 1 is 1.21 bits per heavy atom. The molecular weight excluding hydrogens is 260 g/mol. The van der Waals surface area contributed by atoms with E-state index in [9.17, 15) is 0 Å². The zero-order valence-corrected chi connectivity index (χ0v) is 13.0. The molecule has 2 atom stereocenters. The van der Waals surface area contributed by atoms with Crippen molar-refractivity contribution in [3.05, 3.63) is 17.0 Å². The summed E-state index contributed by atoms with van der Waals surface area (Å²) in [4.78, 5) is 8.81. The van der Waals surface area contributed by atoms with Crippen molar-refractivity contribution in [2.75, 3.05) is 0 Å². The minimum Gasteiger partial charge on any atom is -0.474 e. The Bertz CT molecular complexity index is 442. The molecule has 0 aromatic carbocycles. The van der Waals surface area contributed by atoms with Gasteiger partial charge in [0.2, 0.25) is 5.88 Å². The smallest absolute Gasteiger partial charge is 0.218 e. The molecule has 1 aromatic heterocycles. The first-order valence-electron chi connectivity index (χ1n) is 7.08. The van der Waals surface area contributed by atoms with Crippen molar-refractivity contribution in [2.45, 2.75) is 64.9 Å². The van der Waals surface area contributed by atoms with Crippen LogP contribution < -0.4 is 4.74 Å². The van der Waals surface area contributed by atoms with Gasteiger partial charge in [-0.15, -0.1) is 0 Å². The van der Waals surface area contributed by atoms with E-state index < -0.39 is 0 Å². The van der Waals surface area contributed by atoms with Gasteiger partial charge in [0.15, 0.2) is 0 Å². The first-order chi connectivity index (χ1) is 8.86. The van der Waals surface area contributed by atoms with Crippen LogP contribution >= 0.6 is 11.6 Å². The maximum Gasteiger partial charge on any atom is 0.218 e. The van der Waals surface area contributed by atoms with Crippen molar-refractivity contribution in [1.82, 2.24) is 9.97 Å². The number of halogens is 1. The molecular formula is C15H23ClN2O. The van der Waals surface area contributed by atoms with E-state index in [-0.39, 0.29) is 11.5 Å². The van der Waals surface area contributed by atoms with Gasteiger partial charge in [0.25, 0.3) is 0 Å². The van der Waals surface area contributed by atoms with Crippen molar-refractivity contribution < 1.29 is 4.74 Å². The van der Waals surface area contributed by atoms with Gasteiger partial charge in [-0.25, -0.2) is 4.98 Å². The van der Waals surface area contributed by atoms with Crippen LogP contribution in [0.25, 0.3) is 0 Å². The van der Waals surface area contributed by atoms with Crippen LogP contribution in [0.2, 0.25) is 5.15 Å². The molecule has 0 radical (unpaired) electrons. The van der Waals surface area contributed by atoms with Crippen molar-refractivity contribution in [1.29, 1.82) is 0 Å². The number of hydrogen-bond acceptors (Lipinski definition) is 3. The monoisotopic (exact) mass is 282 g/mol. The first kappa shape index (κ1) is 14.6. The molecule has 2 unspecified atom stereocenters. The number of rotatable bonds is 2. The van der Waals surface area contributed by atoms with Gasteiger partial charge in [-0.1, -0.05) is 45.7 Å². The van der Waals surface area contributed by atoms with E-state index in [0.717, 1.165) is 12.2 Å². The van der Waals surface area contributed by atoms with E-state index in [0.29, 0.717) is 17.0 Å². The second-order valence-corrected chi connectivity index (χ2v) is 6.91. The van der Waals surface area contributed by atoms with Crippen LogP contribution in [0.4, 0.5) is 0 Å². The van der Waals surface area contributed by atoms with Crippen molar-refractivity contribution in [2.24, 2.45) is 5.92 Å². The SMILES string of the molecule is CC1CCCCC1Oc1cc(Cl)nc(C(C)(C)C)n1. The molecule has 19 heavy (non-hydrogen) atoms. The molecule has 1 saturated carbocycles. The number of ether oxygens (including phenoxy) is 1. The highest BCUT2D eigenvalue weighted by atomic mass is 35.5. The predicted molar refractivity (Wildman–Crippen MR) is 77.8 cm³/mol. The average Bonchev–Trinajstić information content (AvgIpc) is 2.30. The maximum absolute atomic E-state index is 6.08. The molecule has 106 valence electrons. The third kappa shape index (κ3) is 3.82. The Labute approximate surface area is 120 Å². The quantitative estimate of drug-likeness (QED) is 0.755. The van der Waals surface area contributed by atoms with Crippen molar-refractivity contribution >= 4 is 11.6 Å². The Hall–Kier alpha value is -0.830. The fraction of sp³-hybridized carbons (Fsp3) is 0.733. The van der Waals surface area contributed by atoms with Gasteiger partial charge in [0.05, 0.1) is 0 Å². The van der Waals surface area contributed by atoms with Crippen LogP contribution in [0.1, 0.15) is 59.2 Å². The third-order valence-corrected chi connectivity index (χ3v) is 3.84. The Morgan fingerprint density at radius 2 is 1.89 bits per heavy atom. The lowest BCUT2D eigenvalue weighted by atomic mass is 9.88. The molecule has 1 aromatic rings. The van der Waals surface area contributed by atoms with E-state index in [1.165, 1.54) is 19.3 Å². The van der Waals surface area contributed by atoms with Crippen LogP contribution in [-0.4, -0.2) is 16.1 Å². The van der Waals surface area contributed by atoms with Crippen LogP contribution in [0.3, 0.4) is 0 Å². The lowest BCUT2D eigenvalue weighted by molar-refractivity contribution is 0.0968. The summed E-state index contributed by atoms with van der Waals surface area (Å²) in [5.74, 6) is 1.93. The summed E-state index contributed by atoms with van der Waals surface area (Å²) in [6.07, 6.45) is 5.13. The van der Waals surface area contributed by atoms with Gasteiger partial charge in [0.1, 0.15) is 17.1 Å². The van der Waals surface area contributed by atoms with Gasteiger partial charge < -0.3 is 4.74 Å². The largest absolute Gasteiger partial charge is 0.474 e. The first-order valence-corrected chi connectivity index (χ1v) is 7.46. The summed E-state index contributed by atoms with van der Waals surface area (Å²) in [6, 6.07) is 1.72. The lowest BCUT2D eigenvalue weighted by Gasteiger charge is -2.29. The van der Waals surface area contributed by atoms with Crippen molar-refractivity contribution in [3.8, 4) is 5.88 Å². The fourth-order valence-electron chi connectivity index (χ4n) is 2.41. The highest BCUT2D eigenvalue weighted by molar-refractivity contribution is 6.29. The Morgan fingerprint density at radius 3 is 2.53 bits per heavy atom. The van der Waals surface area contributed by atoms with Gasteiger partial charge in [0, 0.05) is 11.5 Å². The molecule has 0 bridgehead atoms. The fourth-order valence-corrected chi connectivity index (χ4v) is 2.58. The minimum atomic E-state index is -0.124. The number of aromatic nitrogens is 2. The minimum absolute atomic E-state index is 0.124.